The zero-order chi connectivity index (χ0) is 15.0. The number of nitrogens with two attached hydrogens (primary N) is 1. The molecule has 6 nitrogen and oxygen atoms in total. The predicted octanol–water partition coefficient (Wildman–Crippen LogP) is 0.779. The smallest absolute Gasteiger partial charge is 0.316 e. The number of carbonyl (C=O) groups excluding carboxylic acids is 3. The molecule has 0 aliphatic heterocycles. The predicted molar refractivity (Wildman–Crippen MR) is 78.7 cm³/mol. The van der Waals surface area contributed by atoms with Crippen LogP contribution in [-0.2, 0) is 24.9 Å². The number of halogens is 1. The highest BCUT2D eigenvalue weighted by Gasteiger charge is 2.08. The molecule has 0 radical (unpaired) electrons. The van der Waals surface area contributed by atoms with Crippen molar-refractivity contribution in [3.63, 3.8) is 0 Å². The number of nitrogens with one attached hydrogen (secondary N) is 1. The summed E-state index contributed by atoms with van der Waals surface area (Å²) < 4.78 is 5.44. The third-order valence-corrected chi connectivity index (χ3v) is 4.29. The van der Waals surface area contributed by atoms with Gasteiger partial charge in [-0.1, -0.05) is 11.6 Å². The first kappa shape index (κ1) is 16.8. The van der Waals surface area contributed by atoms with Crippen LogP contribution >= 0.6 is 34.7 Å². The Kier molecular flexibility index (Phi) is 7.42. The van der Waals surface area contributed by atoms with Crippen molar-refractivity contribution < 1.29 is 19.1 Å². The number of amides is 2. The summed E-state index contributed by atoms with van der Waals surface area (Å²) in [5.74, 6) is -0.923. The van der Waals surface area contributed by atoms with Crippen molar-refractivity contribution in [2.24, 2.45) is 5.73 Å². The molecule has 0 aliphatic carbocycles. The molecule has 0 atom stereocenters. The molecule has 1 aromatic heterocycles. The van der Waals surface area contributed by atoms with Crippen LogP contribution in [0.4, 0.5) is 0 Å². The molecule has 0 aliphatic rings. The van der Waals surface area contributed by atoms with Gasteiger partial charge in [0.15, 0.2) is 6.61 Å². The topological polar surface area (TPSA) is 98.5 Å². The van der Waals surface area contributed by atoms with Gasteiger partial charge in [0.25, 0.3) is 5.91 Å². The monoisotopic (exact) mass is 336 g/mol. The molecule has 0 spiro atoms. The van der Waals surface area contributed by atoms with E-state index in [1.165, 1.54) is 23.1 Å². The second-order valence-electron chi connectivity index (χ2n) is 3.60. The SMILES string of the molecule is NC(=O)CNC(=O)COC(=O)CSCc1ccc(Cl)s1. The van der Waals surface area contributed by atoms with E-state index in [1.54, 1.807) is 6.07 Å². The van der Waals surface area contributed by atoms with Crippen LogP contribution in [0.5, 0.6) is 0 Å². The normalized spacial score (nSPS) is 10.1. The van der Waals surface area contributed by atoms with Crippen molar-refractivity contribution in [2.45, 2.75) is 5.75 Å². The van der Waals surface area contributed by atoms with Gasteiger partial charge in [-0.15, -0.1) is 23.1 Å². The lowest BCUT2D eigenvalue weighted by Gasteiger charge is -2.04. The Labute approximate surface area is 129 Å². The Morgan fingerprint density at radius 1 is 1.40 bits per heavy atom. The molecule has 1 aromatic rings. The molecular weight excluding hydrogens is 324 g/mol. The molecule has 0 aromatic carbocycles. The summed E-state index contributed by atoms with van der Waals surface area (Å²) >= 11 is 8.60. The lowest BCUT2D eigenvalue weighted by molar-refractivity contribution is -0.146. The van der Waals surface area contributed by atoms with Crippen molar-refractivity contribution in [1.82, 2.24) is 5.32 Å². The maximum atomic E-state index is 11.3. The van der Waals surface area contributed by atoms with Gasteiger partial charge in [0.1, 0.15) is 0 Å². The molecule has 3 N–H and O–H groups in total. The average molecular weight is 337 g/mol. The Morgan fingerprint density at radius 2 is 2.15 bits per heavy atom. The van der Waals surface area contributed by atoms with E-state index in [0.29, 0.717) is 10.1 Å². The van der Waals surface area contributed by atoms with Crippen LogP contribution < -0.4 is 11.1 Å². The summed E-state index contributed by atoms with van der Waals surface area (Å²) in [6.07, 6.45) is 0. The Morgan fingerprint density at radius 3 is 2.75 bits per heavy atom. The van der Waals surface area contributed by atoms with Gasteiger partial charge in [-0.3, -0.25) is 14.4 Å². The first-order chi connectivity index (χ1) is 9.47. The van der Waals surface area contributed by atoms with Crippen molar-refractivity contribution in [1.29, 1.82) is 0 Å². The molecule has 9 heteroatoms. The van der Waals surface area contributed by atoms with Crippen LogP contribution in [0, 0.1) is 0 Å². The molecule has 1 rings (SSSR count). The highest BCUT2D eigenvalue weighted by Crippen LogP contribution is 2.25. The number of rotatable bonds is 8. The minimum absolute atomic E-state index is 0.138. The Balaban J connectivity index is 2.11. The van der Waals surface area contributed by atoms with Crippen molar-refractivity contribution >= 4 is 52.5 Å². The van der Waals surface area contributed by atoms with Crippen molar-refractivity contribution in [2.75, 3.05) is 18.9 Å². The van der Waals surface area contributed by atoms with E-state index in [9.17, 15) is 14.4 Å². The maximum absolute atomic E-state index is 11.3. The Bertz CT molecular complexity index is 493. The molecule has 0 unspecified atom stereocenters. The fourth-order valence-corrected chi connectivity index (χ4v) is 3.11. The van der Waals surface area contributed by atoms with Gasteiger partial charge in [-0.2, -0.15) is 0 Å². The van der Waals surface area contributed by atoms with Gasteiger partial charge in [0.2, 0.25) is 5.91 Å². The van der Waals surface area contributed by atoms with Gasteiger partial charge in [-0.05, 0) is 12.1 Å². The molecule has 0 saturated heterocycles. The third kappa shape index (κ3) is 7.37. The van der Waals surface area contributed by atoms with E-state index >= 15 is 0 Å². The molecule has 2 amide bonds. The first-order valence-electron chi connectivity index (χ1n) is 5.50. The fraction of sp³-hybridized carbons (Fsp3) is 0.364. The summed E-state index contributed by atoms with van der Waals surface area (Å²) in [5, 5.41) is 2.21. The Hall–Kier alpha value is -1.25. The van der Waals surface area contributed by atoms with E-state index < -0.39 is 24.4 Å². The third-order valence-electron chi connectivity index (χ3n) is 1.92. The summed E-state index contributed by atoms with van der Waals surface area (Å²) in [5.41, 5.74) is 4.85. The number of thioether (sulfide) groups is 1. The molecule has 0 bridgehead atoms. The van der Waals surface area contributed by atoms with E-state index in [2.05, 4.69) is 5.32 Å². The number of thiophene rings is 1. The van der Waals surface area contributed by atoms with E-state index in [1.807, 2.05) is 6.07 Å². The highest BCUT2D eigenvalue weighted by atomic mass is 35.5. The maximum Gasteiger partial charge on any atom is 0.316 e. The zero-order valence-corrected chi connectivity index (χ0v) is 12.8. The van der Waals surface area contributed by atoms with Crippen LogP contribution in [-0.4, -0.2) is 36.7 Å². The molecular formula is C11H13ClN2O4S2. The van der Waals surface area contributed by atoms with E-state index in [0.717, 1.165) is 4.88 Å². The van der Waals surface area contributed by atoms with Gasteiger partial charge in [0, 0.05) is 10.6 Å². The van der Waals surface area contributed by atoms with Gasteiger partial charge in [-0.25, -0.2) is 0 Å². The van der Waals surface area contributed by atoms with Crippen molar-refractivity contribution in [3.05, 3.63) is 21.3 Å². The number of carbonyl (C=O) groups is 3. The lowest BCUT2D eigenvalue weighted by atomic mass is 10.5. The number of esters is 1. The zero-order valence-electron chi connectivity index (χ0n) is 10.4. The highest BCUT2D eigenvalue weighted by molar-refractivity contribution is 7.99. The van der Waals surface area contributed by atoms with Crippen LogP contribution in [0.3, 0.4) is 0 Å². The van der Waals surface area contributed by atoms with Crippen molar-refractivity contribution in [3.8, 4) is 0 Å². The number of hydrogen-bond donors (Lipinski definition) is 2. The molecule has 0 saturated carbocycles. The standard InChI is InChI=1S/C11H13ClN2O4S2/c12-8-2-1-7(20-8)5-19-6-11(17)18-4-10(16)14-3-9(13)15/h1-2H,3-6H2,(H2,13,15)(H,14,16). The summed E-state index contributed by atoms with van der Waals surface area (Å²) in [6, 6.07) is 3.69. The quantitative estimate of drug-likeness (QED) is 0.683. The molecule has 1 heterocycles. The lowest BCUT2D eigenvalue weighted by Crippen LogP contribution is -2.36. The van der Waals surface area contributed by atoms with Crippen LogP contribution in [0.15, 0.2) is 12.1 Å². The summed E-state index contributed by atoms with van der Waals surface area (Å²) in [6.45, 7) is -0.693. The molecule has 20 heavy (non-hydrogen) atoms. The minimum Gasteiger partial charge on any atom is -0.455 e. The fourth-order valence-electron chi connectivity index (χ4n) is 1.09. The first-order valence-corrected chi connectivity index (χ1v) is 7.85. The number of primary amides is 1. The van der Waals surface area contributed by atoms with Crippen LogP contribution in [0.2, 0.25) is 4.34 Å². The van der Waals surface area contributed by atoms with Gasteiger partial charge in [0.05, 0.1) is 16.6 Å². The van der Waals surface area contributed by atoms with Gasteiger partial charge >= 0.3 is 5.97 Å². The molecule has 110 valence electrons. The number of hydrogen-bond acceptors (Lipinski definition) is 6. The second-order valence-corrected chi connectivity index (χ2v) is 6.39. The van der Waals surface area contributed by atoms with Crippen LogP contribution in [0.25, 0.3) is 0 Å². The minimum atomic E-state index is -0.658. The average Bonchev–Trinajstić information content (AvgIpc) is 2.79. The van der Waals surface area contributed by atoms with Gasteiger partial charge < -0.3 is 15.8 Å². The van der Waals surface area contributed by atoms with E-state index in [4.69, 9.17) is 22.1 Å². The summed E-state index contributed by atoms with van der Waals surface area (Å²) in [4.78, 5) is 33.9. The van der Waals surface area contributed by atoms with Crippen LogP contribution in [0.1, 0.15) is 4.88 Å². The largest absolute Gasteiger partial charge is 0.455 e. The second kappa shape index (κ2) is 8.83. The molecule has 0 fully saturated rings. The summed E-state index contributed by atoms with van der Waals surface area (Å²) in [7, 11) is 0. The number of ether oxygens (including phenoxy) is 1. The van der Waals surface area contributed by atoms with E-state index in [-0.39, 0.29) is 12.3 Å².